The molecule has 1 heterocycles. The second-order valence-corrected chi connectivity index (χ2v) is 7.60. The molecule has 0 saturated carbocycles. The van der Waals surface area contributed by atoms with Crippen LogP contribution in [0.25, 0.3) is 0 Å². The number of ether oxygens (including phenoxy) is 2. The second-order valence-electron chi connectivity index (χ2n) is 7.60. The van der Waals surface area contributed by atoms with Crippen LogP contribution in [0.15, 0.2) is 59.6 Å². The second kappa shape index (κ2) is 12.8. The van der Waals surface area contributed by atoms with Crippen molar-refractivity contribution in [1.82, 2.24) is 16.0 Å². The number of amides is 2. The van der Waals surface area contributed by atoms with Crippen molar-refractivity contribution in [3.8, 4) is 5.75 Å². The average molecular weight is 469 g/mol. The summed E-state index contributed by atoms with van der Waals surface area (Å²) < 4.78 is 10.7. The van der Waals surface area contributed by atoms with Crippen molar-refractivity contribution >= 4 is 23.9 Å². The van der Waals surface area contributed by atoms with Crippen LogP contribution >= 0.6 is 0 Å². The van der Waals surface area contributed by atoms with Crippen LogP contribution < -0.4 is 20.7 Å². The van der Waals surface area contributed by atoms with E-state index < -0.39 is 18.1 Å². The van der Waals surface area contributed by atoms with Gasteiger partial charge in [-0.2, -0.15) is 0 Å². The van der Waals surface area contributed by atoms with Gasteiger partial charge in [-0.15, -0.1) is 0 Å². The number of nitrogens with zero attached hydrogens (tertiary/aromatic N) is 1. The number of hydrogen-bond donors (Lipinski definition) is 4. The van der Waals surface area contributed by atoms with Gasteiger partial charge in [0.05, 0.1) is 13.2 Å². The topological polar surface area (TPSA) is 138 Å². The first-order valence-electron chi connectivity index (χ1n) is 11.0. The summed E-state index contributed by atoms with van der Waals surface area (Å²) >= 11 is 0. The zero-order valence-electron chi connectivity index (χ0n) is 18.7. The maximum Gasteiger partial charge on any atom is 0.408 e. The van der Waals surface area contributed by atoms with E-state index in [9.17, 15) is 19.5 Å². The van der Waals surface area contributed by atoms with Crippen molar-refractivity contribution in [3.05, 3.63) is 65.7 Å². The molecule has 10 nitrogen and oxygen atoms in total. The van der Waals surface area contributed by atoms with E-state index in [0.29, 0.717) is 43.3 Å². The third kappa shape index (κ3) is 8.45. The predicted molar refractivity (Wildman–Crippen MR) is 125 cm³/mol. The third-order valence-corrected chi connectivity index (χ3v) is 4.92. The Morgan fingerprint density at radius 2 is 1.82 bits per heavy atom. The highest BCUT2D eigenvalue weighted by molar-refractivity contribution is 5.97. The largest absolute Gasteiger partial charge is 0.494 e. The van der Waals surface area contributed by atoms with Gasteiger partial charge in [0.2, 0.25) is 5.91 Å². The lowest BCUT2D eigenvalue weighted by Crippen LogP contribution is -2.42. The number of rotatable bonds is 11. The molecular formula is C24H28N4O6. The van der Waals surface area contributed by atoms with Crippen LogP contribution in [0.3, 0.4) is 0 Å². The van der Waals surface area contributed by atoms with Gasteiger partial charge in [-0.1, -0.05) is 42.5 Å². The summed E-state index contributed by atoms with van der Waals surface area (Å²) in [4.78, 5) is 39.5. The Morgan fingerprint density at radius 3 is 2.50 bits per heavy atom. The molecule has 2 aromatic carbocycles. The maximum atomic E-state index is 12.0. The highest BCUT2D eigenvalue weighted by atomic mass is 16.5. The monoisotopic (exact) mass is 468 g/mol. The number of aliphatic imine (C=N–C) groups is 1. The van der Waals surface area contributed by atoms with Gasteiger partial charge in [0.15, 0.2) is 5.96 Å². The Balaban J connectivity index is 1.38. The minimum atomic E-state index is -1.16. The Morgan fingerprint density at radius 1 is 1.06 bits per heavy atom. The van der Waals surface area contributed by atoms with Crippen molar-refractivity contribution in [3.63, 3.8) is 0 Å². The first kappa shape index (κ1) is 24.6. The molecule has 1 aliphatic rings. The van der Waals surface area contributed by atoms with Crippen molar-refractivity contribution < 1.29 is 29.0 Å². The number of carbonyl (C=O) groups is 3. The van der Waals surface area contributed by atoms with E-state index in [1.54, 1.807) is 24.3 Å². The van der Waals surface area contributed by atoms with Crippen molar-refractivity contribution in [1.29, 1.82) is 0 Å². The molecule has 1 aliphatic heterocycles. The van der Waals surface area contributed by atoms with Crippen LogP contribution in [0.1, 0.15) is 24.0 Å². The molecule has 0 spiro atoms. The zero-order chi connectivity index (χ0) is 24.2. The van der Waals surface area contributed by atoms with Gasteiger partial charge < -0.3 is 25.2 Å². The van der Waals surface area contributed by atoms with E-state index in [-0.39, 0.29) is 18.9 Å². The summed E-state index contributed by atoms with van der Waals surface area (Å²) in [7, 11) is 0. The van der Waals surface area contributed by atoms with E-state index in [1.165, 1.54) is 0 Å². The first-order valence-corrected chi connectivity index (χ1v) is 11.0. The fraction of sp³-hybridized carbons (Fsp3) is 0.333. The van der Waals surface area contributed by atoms with Crippen molar-refractivity contribution in [2.75, 3.05) is 19.7 Å². The minimum absolute atomic E-state index is 0.0539. The van der Waals surface area contributed by atoms with Crippen LogP contribution in [-0.2, 0) is 27.4 Å². The standard InChI is InChI=1S/C24H28N4O6/c29-21(28-23-25-12-13-26-23)7-4-14-33-19-10-8-17(9-11-19)15-20(22(30)31)27-24(32)34-16-18-5-2-1-3-6-18/h1-3,5-6,8-11,20H,4,7,12-16H2,(H,27,32)(H,30,31)(H2,25,26,28,29). The fourth-order valence-electron chi connectivity index (χ4n) is 3.16. The third-order valence-electron chi connectivity index (χ3n) is 4.92. The molecule has 180 valence electrons. The van der Waals surface area contributed by atoms with Crippen molar-refractivity contribution in [2.45, 2.75) is 31.9 Å². The molecule has 0 aromatic heterocycles. The Bertz CT molecular complexity index is 994. The highest BCUT2D eigenvalue weighted by Crippen LogP contribution is 2.14. The summed E-state index contributed by atoms with van der Waals surface area (Å²) in [5, 5.41) is 17.5. The highest BCUT2D eigenvalue weighted by Gasteiger charge is 2.21. The molecule has 2 amide bonds. The van der Waals surface area contributed by atoms with Crippen LogP contribution in [0.4, 0.5) is 4.79 Å². The average Bonchev–Trinajstić information content (AvgIpc) is 3.34. The summed E-state index contributed by atoms with van der Waals surface area (Å²) in [5.74, 6) is -0.163. The number of carboxylic acids is 1. The molecule has 2 aromatic rings. The summed E-state index contributed by atoms with van der Waals surface area (Å²) in [5.41, 5.74) is 1.52. The van der Waals surface area contributed by atoms with E-state index in [4.69, 9.17) is 9.47 Å². The minimum Gasteiger partial charge on any atom is -0.494 e. The molecule has 0 fully saturated rings. The SMILES string of the molecule is O=C(CCCOc1ccc(CC(NC(=O)OCc2ccccc2)C(=O)O)cc1)NC1=NCCN1. The van der Waals surface area contributed by atoms with Gasteiger partial charge in [0, 0.05) is 19.4 Å². The number of hydrogen-bond acceptors (Lipinski definition) is 7. The summed E-state index contributed by atoms with van der Waals surface area (Å²) in [6, 6.07) is 14.9. The fourth-order valence-corrected chi connectivity index (χ4v) is 3.16. The lowest BCUT2D eigenvalue weighted by molar-refractivity contribution is -0.139. The molecule has 1 atom stereocenters. The number of aliphatic carboxylic acids is 1. The number of nitrogens with one attached hydrogen (secondary N) is 3. The van der Waals surface area contributed by atoms with Crippen LogP contribution in [0.2, 0.25) is 0 Å². The van der Waals surface area contributed by atoms with E-state index in [1.807, 2.05) is 30.3 Å². The normalized spacial score (nSPS) is 13.2. The Hall–Kier alpha value is -4.08. The Labute approximate surface area is 197 Å². The molecule has 0 radical (unpaired) electrons. The molecule has 10 heteroatoms. The Kier molecular flexibility index (Phi) is 9.27. The van der Waals surface area contributed by atoms with Gasteiger partial charge in [-0.05, 0) is 29.7 Å². The van der Waals surface area contributed by atoms with Gasteiger partial charge in [0.1, 0.15) is 18.4 Å². The molecule has 4 N–H and O–H groups in total. The van der Waals surface area contributed by atoms with Gasteiger partial charge in [0.25, 0.3) is 0 Å². The molecule has 0 aliphatic carbocycles. The lowest BCUT2D eigenvalue weighted by Gasteiger charge is -2.15. The first-order chi connectivity index (χ1) is 16.5. The van der Waals surface area contributed by atoms with Gasteiger partial charge >= 0.3 is 12.1 Å². The van der Waals surface area contributed by atoms with E-state index in [0.717, 1.165) is 12.1 Å². The summed E-state index contributed by atoms with van der Waals surface area (Å²) in [6.45, 7) is 1.81. The molecule has 3 rings (SSSR count). The maximum absolute atomic E-state index is 12.0. The number of benzene rings is 2. The van der Waals surface area contributed by atoms with Gasteiger partial charge in [-0.25, -0.2) is 9.59 Å². The zero-order valence-corrected chi connectivity index (χ0v) is 18.7. The number of carboxylic acid groups (broad SMARTS) is 1. The van der Waals surface area contributed by atoms with Crippen LogP contribution in [0.5, 0.6) is 5.75 Å². The molecule has 0 saturated heterocycles. The lowest BCUT2D eigenvalue weighted by atomic mass is 10.1. The molecule has 34 heavy (non-hydrogen) atoms. The number of alkyl carbamates (subject to hydrolysis) is 1. The molecular weight excluding hydrogens is 440 g/mol. The van der Waals surface area contributed by atoms with Crippen molar-refractivity contribution in [2.24, 2.45) is 4.99 Å². The quantitative estimate of drug-likeness (QED) is 0.369. The van der Waals surface area contributed by atoms with Crippen LogP contribution in [0, 0.1) is 0 Å². The molecule has 0 bridgehead atoms. The smallest absolute Gasteiger partial charge is 0.408 e. The van der Waals surface area contributed by atoms with E-state index >= 15 is 0 Å². The van der Waals surface area contributed by atoms with E-state index in [2.05, 4.69) is 20.9 Å². The number of guanidine groups is 1. The summed E-state index contributed by atoms with van der Waals surface area (Å²) in [6.07, 6.45) is 0.145. The molecule has 1 unspecified atom stereocenters. The predicted octanol–water partition coefficient (Wildman–Crippen LogP) is 1.84. The number of carbonyl (C=O) groups excluding carboxylic acids is 2. The van der Waals surface area contributed by atoms with Crippen LogP contribution in [-0.4, -0.2) is 54.8 Å². The van der Waals surface area contributed by atoms with Gasteiger partial charge in [-0.3, -0.25) is 15.1 Å².